The number of hydrogen-bond acceptors (Lipinski definition) is 6. The van der Waals surface area contributed by atoms with E-state index < -0.39 is 10.8 Å². The van der Waals surface area contributed by atoms with Gasteiger partial charge < -0.3 is 10.6 Å². The summed E-state index contributed by atoms with van der Waals surface area (Å²) in [6.45, 7) is 9.39. The fraction of sp³-hybridized carbons (Fsp3) is 0.650. The molecular formula is C20H26N6. The summed E-state index contributed by atoms with van der Waals surface area (Å²) in [6, 6.07) is 6.77. The Labute approximate surface area is 155 Å². The normalized spacial score (nSPS) is 27.8. The highest BCUT2D eigenvalue weighted by molar-refractivity contribution is 5.58. The molecule has 1 fully saturated rings. The lowest BCUT2D eigenvalue weighted by Crippen LogP contribution is -2.60. The lowest BCUT2D eigenvalue weighted by atomic mass is 9.47. The zero-order chi connectivity index (χ0) is 18.9. The highest BCUT2D eigenvalue weighted by Gasteiger charge is 2.64. The lowest BCUT2D eigenvalue weighted by Gasteiger charge is -2.57. The molecule has 2 heterocycles. The van der Waals surface area contributed by atoms with Crippen molar-refractivity contribution in [3.05, 3.63) is 22.9 Å². The Morgan fingerprint density at radius 1 is 1.12 bits per heavy atom. The molecule has 0 aromatic heterocycles. The van der Waals surface area contributed by atoms with Crippen LogP contribution in [0.25, 0.3) is 0 Å². The van der Waals surface area contributed by atoms with Gasteiger partial charge in [-0.15, -0.1) is 0 Å². The molecule has 1 aliphatic carbocycles. The van der Waals surface area contributed by atoms with Gasteiger partial charge in [0, 0.05) is 24.4 Å². The molecule has 3 rings (SSSR count). The molecule has 1 saturated heterocycles. The number of rotatable bonds is 2. The molecule has 26 heavy (non-hydrogen) atoms. The molecule has 136 valence electrons. The predicted octanol–water partition coefficient (Wildman–Crippen LogP) is 1.75. The predicted molar refractivity (Wildman–Crippen MR) is 98.0 cm³/mol. The van der Waals surface area contributed by atoms with E-state index in [1.54, 1.807) is 0 Å². The minimum Gasteiger partial charge on any atom is -0.399 e. The summed E-state index contributed by atoms with van der Waals surface area (Å²) in [6.07, 6.45) is 3.59. The van der Waals surface area contributed by atoms with Gasteiger partial charge in [-0.25, -0.2) is 0 Å². The highest BCUT2D eigenvalue weighted by atomic mass is 15.1. The van der Waals surface area contributed by atoms with Gasteiger partial charge in [-0.1, -0.05) is 19.9 Å². The highest BCUT2D eigenvalue weighted by Crippen LogP contribution is 2.61. The van der Waals surface area contributed by atoms with Gasteiger partial charge in [0.15, 0.2) is 5.41 Å². The Balaban J connectivity index is 2.23. The summed E-state index contributed by atoms with van der Waals surface area (Å²) in [7, 11) is 0. The number of piperidine rings is 1. The monoisotopic (exact) mass is 350 g/mol. The molecule has 1 atom stereocenters. The van der Waals surface area contributed by atoms with Crippen LogP contribution in [0.1, 0.15) is 26.7 Å². The van der Waals surface area contributed by atoms with Crippen LogP contribution in [0.5, 0.6) is 0 Å². The summed E-state index contributed by atoms with van der Waals surface area (Å²) < 4.78 is 0. The minimum absolute atomic E-state index is 0.00328. The number of fused-ring (bicyclic) bond motifs is 2. The first-order valence-corrected chi connectivity index (χ1v) is 9.41. The van der Waals surface area contributed by atoms with Crippen molar-refractivity contribution in [3.63, 3.8) is 0 Å². The summed E-state index contributed by atoms with van der Waals surface area (Å²) in [5.74, 6) is -0.00328. The van der Waals surface area contributed by atoms with Crippen LogP contribution in [0, 0.1) is 50.7 Å². The molecule has 0 aromatic rings. The maximum atomic E-state index is 10.1. The Morgan fingerprint density at radius 3 is 2.23 bits per heavy atom. The Kier molecular flexibility index (Phi) is 4.80. The molecule has 6 nitrogen and oxygen atoms in total. The zero-order valence-electron chi connectivity index (χ0n) is 15.6. The summed E-state index contributed by atoms with van der Waals surface area (Å²) in [5, 5.41) is 30.0. The van der Waals surface area contributed by atoms with Crippen LogP contribution < -0.4 is 5.73 Å². The lowest BCUT2D eigenvalue weighted by molar-refractivity contribution is -0.00878. The van der Waals surface area contributed by atoms with E-state index in [9.17, 15) is 15.8 Å². The minimum atomic E-state index is -1.43. The van der Waals surface area contributed by atoms with Gasteiger partial charge in [-0.05, 0) is 44.6 Å². The molecule has 0 amide bonds. The molecule has 0 unspecified atom stereocenters. The van der Waals surface area contributed by atoms with Crippen LogP contribution in [-0.4, -0.2) is 49.1 Å². The molecular weight excluding hydrogens is 324 g/mol. The third-order valence-electron chi connectivity index (χ3n) is 6.85. The van der Waals surface area contributed by atoms with E-state index in [-0.39, 0.29) is 11.6 Å². The van der Waals surface area contributed by atoms with Crippen molar-refractivity contribution in [2.45, 2.75) is 26.7 Å². The first-order valence-electron chi connectivity index (χ1n) is 9.41. The Morgan fingerprint density at radius 2 is 1.73 bits per heavy atom. The van der Waals surface area contributed by atoms with Crippen LogP contribution >= 0.6 is 0 Å². The number of nitriles is 3. The summed E-state index contributed by atoms with van der Waals surface area (Å²) >= 11 is 0. The van der Waals surface area contributed by atoms with Gasteiger partial charge in [-0.2, -0.15) is 15.8 Å². The molecule has 2 aliphatic heterocycles. The van der Waals surface area contributed by atoms with Gasteiger partial charge in [0.05, 0.1) is 23.4 Å². The quantitative estimate of drug-likeness (QED) is 0.813. The third-order valence-corrected chi connectivity index (χ3v) is 6.85. The van der Waals surface area contributed by atoms with Crippen LogP contribution in [0.2, 0.25) is 0 Å². The maximum absolute atomic E-state index is 10.1. The topological polar surface area (TPSA) is 104 Å². The van der Waals surface area contributed by atoms with E-state index >= 15 is 0 Å². The number of likely N-dealkylation sites (tertiary alicyclic amines) is 1. The van der Waals surface area contributed by atoms with Crippen molar-refractivity contribution in [1.82, 2.24) is 9.80 Å². The zero-order valence-corrected chi connectivity index (χ0v) is 15.6. The van der Waals surface area contributed by atoms with Crippen LogP contribution in [0.4, 0.5) is 0 Å². The second-order valence-corrected chi connectivity index (χ2v) is 7.53. The molecule has 0 aromatic carbocycles. The van der Waals surface area contributed by atoms with E-state index in [1.807, 2.05) is 0 Å². The summed E-state index contributed by atoms with van der Waals surface area (Å²) in [5.41, 5.74) is 5.90. The van der Waals surface area contributed by atoms with E-state index in [0.29, 0.717) is 5.57 Å². The molecule has 0 bridgehead atoms. The first-order chi connectivity index (χ1) is 12.5. The van der Waals surface area contributed by atoms with Crippen LogP contribution in [0.3, 0.4) is 0 Å². The van der Waals surface area contributed by atoms with E-state index in [1.165, 1.54) is 0 Å². The van der Waals surface area contributed by atoms with Crippen LogP contribution in [-0.2, 0) is 0 Å². The standard InChI is InChI=1S/C20H26N6/c1-3-25-9-6-19(7-10-25)17-12-26(4-2)8-5-15(17)16(11-21)18(24)20(19,13-22)14-23/h5,17H,3-4,6-10,12,24H2,1-2H3/t17-/m0/s1. The van der Waals surface area contributed by atoms with Crippen molar-refractivity contribution < 1.29 is 0 Å². The fourth-order valence-corrected chi connectivity index (χ4v) is 5.16. The van der Waals surface area contributed by atoms with Gasteiger partial charge >= 0.3 is 0 Å². The SMILES string of the molecule is CCN1CCC2(CC1)[C@H]1CN(CC)CC=C1C(C#N)=C(N)C2(C#N)C#N. The average Bonchev–Trinajstić information content (AvgIpc) is 2.70. The Bertz CT molecular complexity index is 750. The number of nitrogens with zero attached hydrogens (tertiary/aromatic N) is 5. The number of allylic oxidation sites excluding steroid dienone is 2. The number of hydrogen-bond donors (Lipinski definition) is 1. The molecule has 0 saturated carbocycles. The van der Waals surface area contributed by atoms with Gasteiger partial charge in [-0.3, -0.25) is 4.90 Å². The maximum Gasteiger partial charge on any atom is 0.190 e. The van der Waals surface area contributed by atoms with Crippen molar-refractivity contribution in [2.75, 3.05) is 39.3 Å². The van der Waals surface area contributed by atoms with Crippen LogP contribution in [0.15, 0.2) is 22.9 Å². The van der Waals surface area contributed by atoms with Crippen molar-refractivity contribution in [1.29, 1.82) is 15.8 Å². The number of likely N-dealkylation sites (N-methyl/N-ethyl adjacent to an activating group) is 1. The second kappa shape index (κ2) is 6.76. The fourth-order valence-electron chi connectivity index (χ4n) is 5.16. The van der Waals surface area contributed by atoms with Crippen molar-refractivity contribution >= 4 is 0 Å². The largest absolute Gasteiger partial charge is 0.399 e. The van der Waals surface area contributed by atoms with Gasteiger partial charge in [0.1, 0.15) is 6.07 Å². The molecule has 3 aliphatic rings. The molecule has 2 N–H and O–H groups in total. The Hall–Kier alpha value is -2.33. The summed E-state index contributed by atoms with van der Waals surface area (Å²) in [4.78, 5) is 4.67. The van der Waals surface area contributed by atoms with Gasteiger partial charge in [0.2, 0.25) is 0 Å². The van der Waals surface area contributed by atoms with E-state index in [2.05, 4.69) is 47.9 Å². The molecule has 1 spiro atoms. The van der Waals surface area contributed by atoms with Gasteiger partial charge in [0.25, 0.3) is 0 Å². The smallest absolute Gasteiger partial charge is 0.190 e. The van der Waals surface area contributed by atoms with Crippen molar-refractivity contribution in [2.24, 2.45) is 22.5 Å². The first kappa shape index (κ1) is 18.5. The van der Waals surface area contributed by atoms with E-state index in [4.69, 9.17) is 5.73 Å². The second-order valence-electron chi connectivity index (χ2n) is 7.53. The number of nitrogens with two attached hydrogens (primary N) is 1. The molecule has 0 radical (unpaired) electrons. The average molecular weight is 350 g/mol. The van der Waals surface area contributed by atoms with Crippen molar-refractivity contribution in [3.8, 4) is 18.2 Å². The third kappa shape index (κ3) is 2.28. The molecule has 6 heteroatoms. The van der Waals surface area contributed by atoms with E-state index in [0.717, 1.165) is 57.7 Å².